The molecule has 2 rings (SSSR count). The van der Waals surface area contributed by atoms with Gasteiger partial charge in [-0.15, -0.1) is 0 Å². The van der Waals surface area contributed by atoms with Crippen molar-refractivity contribution in [1.82, 2.24) is 5.32 Å². The lowest BCUT2D eigenvalue weighted by molar-refractivity contribution is -0.128. The highest BCUT2D eigenvalue weighted by molar-refractivity contribution is 5.86. The molecule has 3 nitrogen and oxygen atoms in total. The average molecular weight is 288 g/mol. The fraction of sp³-hybridized carbons (Fsp3) is 0.611. The van der Waals surface area contributed by atoms with Gasteiger partial charge in [-0.05, 0) is 50.7 Å². The first-order chi connectivity index (χ1) is 9.82. The van der Waals surface area contributed by atoms with Crippen molar-refractivity contribution in [2.75, 3.05) is 0 Å². The van der Waals surface area contributed by atoms with Crippen LogP contribution in [0, 0.1) is 19.8 Å². The Morgan fingerprint density at radius 2 is 2.14 bits per heavy atom. The van der Waals surface area contributed by atoms with Crippen LogP contribution in [0.4, 0.5) is 0 Å². The highest BCUT2D eigenvalue weighted by Crippen LogP contribution is 2.31. The zero-order chi connectivity index (χ0) is 15.6. The number of nitrogens with one attached hydrogen (secondary N) is 1. The second-order valence-corrected chi connectivity index (χ2v) is 6.91. The lowest BCUT2D eigenvalue weighted by Gasteiger charge is -2.36. The van der Waals surface area contributed by atoms with E-state index >= 15 is 0 Å². The Morgan fingerprint density at radius 1 is 1.43 bits per heavy atom. The summed E-state index contributed by atoms with van der Waals surface area (Å²) < 4.78 is 0. The molecule has 1 saturated carbocycles. The zero-order valence-corrected chi connectivity index (χ0v) is 13.7. The molecule has 21 heavy (non-hydrogen) atoms. The van der Waals surface area contributed by atoms with Gasteiger partial charge in [-0.3, -0.25) is 4.79 Å². The van der Waals surface area contributed by atoms with Gasteiger partial charge in [0.05, 0.1) is 11.6 Å². The number of benzene rings is 1. The summed E-state index contributed by atoms with van der Waals surface area (Å²) in [6, 6.07) is 6.34. The molecular weight excluding hydrogens is 260 g/mol. The highest BCUT2D eigenvalue weighted by atomic mass is 16.2. The number of rotatable bonds is 3. The van der Waals surface area contributed by atoms with Gasteiger partial charge in [-0.1, -0.05) is 43.5 Å². The Morgan fingerprint density at radius 3 is 2.76 bits per heavy atom. The smallest absolute Gasteiger partial charge is 0.240 e. The Kier molecular flexibility index (Phi) is 4.72. The van der Waals surface area contributed by atoms with E-state index in [-0.39, 0.29) is 11.9 Å². The maximum atomic E-state index is 12.6. The van der Waals surface area contributed by atoms with Gasteiger partial charge in [0.2, 0.25) is 5.91 Å². The number of nitrogens with two attached hydrogens (primary N) is 1. The minimum Gasteiger partial charge on any atom is -0.348 e. The fourth-order valence-corrected chi connectivity index (χ4v) is 3.53. The molecule has 1 aromatic rings. The van der Waals surface area contributed by atoms with E-state index in [0.29, 0.717) is 5.92 Å². The second-order valence-electron chi connectivity index (χ2n) is 6.91. The van der Waals surface area contributed by atoms with Crippen LogP contribution in [0.1, 0.15) is 62.3 Å². The second kappa shape index (κ2) is 6.18. The van der Waals surface area contributed by atoms with Crippen molar-refractivity contribution in [3.8, 4) is 0 Å². The van der Waals surface area contributed by atoms with E-state index in [1.807, 2.05) is 6.92 Å². The molecule has 3 atom stereocenters. The Bertz CT molecular complexity index is 526. The molecule has 3 N–H and O–H groups in total. The predicted molar refractivity (Wildman–Crippen MR) is 87.0 cm³/mol. The quantitative estimate of drug-likeness (QED) is 0.895. The summed E-state index contributed by atoms with van der Waals surface area (Å²) in [7, 11) is 0. The van der Waals surface area contributed by atoms with Crippen LogP contribution in [-0.2, 0) is 4.79 Å². The van der Waals surface area contributed by atoms with Crippen LogP contribution in [0.2, 0.25) is 0 Å². The first-order valence-corrected chi connectivity index (χ1v) is 7.99. The summed E-state index contributed by atoms with van der Waals surface area (Å²) in [6.07, 6.45) is 3.81. The zero-order valence-electron chi connectivity index (χ0n) is 13.7. The molecule has 1 aromatic carbocycles. The first-order valence-electron chi connectivity index (χ1n) is 7.99. The molecule has 3 heteroatoms. The molecule has 116 valence electrons. The maximum Gasteiger partial charge on any atom is 0.240 e. The van der Waals surface area contributed by atoms with Crippen LogP contribution in [0.3, 0.4) is 0 Å². The summed E-state index contributed by atoms with van der Waals surface area (Å²) in [6.45, 7) is 8.39. The number of carbonyl (C=O) groups excluding carboxylic acids is 1. The van der Waals surface area contributed by atoms with Gasteiger partial charge in [-0.25, -0.2) is 0 Å². The van der Waals surface area contributed by atoms with E-state index < -0.39 is 5.54 Å². The molecule has 0 radical (unpaired) electrons. The van der Waals surface area contributed by atoms with E-state index in [1.165, 1.54) is 23.1 Å². The average Bonchev–Trinajstić information content (AvgIpc) is 2.37. The van der Waals surface area contributed by atoms with Crippen LogP contribution in [0.25, 0.3) is 0 Å². The molecule has 0 aliphatic heterocycles. The van der Waals surface area contributed by atoms with Gasteiger partial charge < -0.3 is 11.1 Å². The molecule has 0 aromatic heterocycles. The van der Waals surface area contributed by atoms with Crippen LogP contribution < -0.4 is 11.1 Å². The van der Waals surface area contributed by atoms with Crippen LogP contribution in [0.5, 0.6) is 0 Å². The molecule has 0 heterocycles. The summed E-state index contributed by atoms with van der Waals surface area (Å²) in [5, 5.41) is 3.12. The normalized spacial score (nSPS) is 27.2. The number of aryl methyl sites for hydroxylation is 2. The van der Waals surface area contributed by atoms with Gasteiger partial charge in [-0.2, -0.15) is 0 Å². The van der Waals surface area contributed by atoms with Crippen molar-refractivity contribution >= 4 is 5.91 Å². The van der Waals surface area contributed by atoms with Crippen LogP contribution in [0.15, 0.2) is 18.2 Å². The molecule has 1 aliphatic rings. The van der Waals surface area contributed by atoms with E-state index in [9.17, 15) is 4.79 Å². The van der Waals surface area contributed by atoms with Crippen molar-refractivity contribution in [2.24, 2.45) is 11.7 Å². The van der Waals surface area contributed by atoms with Crippen molar-refractivity contribution in [1.29, 1.82) is 0 Å². The summed E-state index contributed by atoms with van der Waals surface area (Å²) in [5.74, 6) is 0.535. The molecule has 3 unspecified atom stereocenters. The SMILES string of the molecule is Cc1ccc(C(C)NC(=O)C2(N)CCCC(C)C2)c(C)c1. The minimum atomic E-state index is -0.690. The molecule has 0 spiro atoms. The number of carbonyl (C=O) groups is 1. The number of amides is 1. The van der Waals surface area contributed by atoms with Gasteiger partial charge >= 0.3 is 0 Å². The Balaban J connectivity index is 2.08. The molecule has 1 amide bonds. The van der Waals surface area contributed by atoms with Crippen molar-refractivity contribution in [3.63, 3.8) is 0 Å². The van der Waals surface area contributed by atoms with Gasteiger partial charge in [0, 0.05) is 0 Å². The third-order valence-electron chi connectivity index (χ3n) is 4.72. The fourth-order valence-electron chi connectivity index (χ4n) is 3.53. The van der Waals surface area contributed by atoms with Crippen molar-refractivity contribution < 1.29 is 4.79 Å². The van der Waals surface area contributed by atoms with Gasteiger partial charge in [0.15, 0.2) is 0 Å². The minimum absolute atomic E-state index is 0.00141. The van der Waals surface area contributed by atoms with E-state index in [4.69, 9.17) is 5.73 Å². The molecule has 1 aliphatic carbocycles. The standard InChI is InChI=1S/C18H28N2O/c1-12-7-8-16(14(3)10-12)15(4)20-17(21)18(19)9-5-6-13(2)11-18/h7-8,10,13,15H,5-6,9,11,19H2,1-4H3,(H,20,21). The number of hydrogen-bond acceptors (Lipinski definition) is 2. The summed E-state index contributed by atoms with van der Waals surface area (Å²) in [5.41, 5.74) is 9.30. The lowest BCUT2D eigenvalue weighted by Crippen LogP contribution is -2.56. The third-order valence-corrected chi connectivity index (χ3v) is 4.72. The van der Waals surface area contributed by atoms with E-state index in [2.05, 4.69) is 44.3 Å². The Hall–Kier alpha value is -1.35. The highest BCUT2D eigenvalue weighted by Gasteiger charge is 2.38. The Labute approximate surface area is 128 Å². The predicted octanol–water partition coefficient (Wildman–Crippen LogP) is 3.39. The lowest BCUT2D eigenvalue weighted by atomic mass is 9.76. The van der Waals surface area contributed by atoms with Crippen LogP contribution in [-0.4, -0.2) is 11.4 Å². The van der Waals surface area contributed by atoms with Gasteiger partial charge in [0.25, 0.3) is 0 Å². The number of hydrogen-bond donors (Lipinski definition) is 2. The van der Waals surface area contributed by atoms with Crippen molar-refractivity contribution in [3.05, 3.63) is 34.9 Å². The molecule has 1 fully saturated rings. The largest absolute Gasteiger partial charge is 0.348 e. The molecule has 0 saturated heterocycles. The topological polar surface area (TPSA) is 55.1 Å². The molecule has 0 bridgehead atoms. The van der Waals surface area contributed by atoms with Crippen LogP contribution >= 0.6 is 0 Å². The monoisotopic (exact) mass is 288 g/mol. The summed E-state index contributed by atoms with van der Waals surface area (Å²) >= 11 is 0. The van der Waals surface area contributed by atoms with Gasteiger partial charge in [0.1, 0.15) is 0 Å². The van der Waals surface area contributed by atoms with E-state index in [1.54, 1.807) is 0 Å². The molecular formula is C18H28N2O. The van der Waals surface area contributed by atoms with Crippen molar-refractivity contribution in [2.45, 2.75) is 65.0 Å². The maximum absolute atomic E-state index is 12.6. The third kappa shape index (κ3) is 3.65. The van der Waals surface area contributed by atoms with E-state index in [0.717, 1.165) is 19.3 Å². The summed E-state index contributed by atoms with van der Waals surface area (Å²) in [4.78, 5) is 12.6. The first kappa shape index (κ1) is 16.0.